The minimum Gasteiger partial charge on any atom is -0.444 e. The molecule has 2 fully saturated rings. The zero-order valence-corrected chi connectivity index (χ0v) is 20.5. The summed E-state index contributed by atoms with van der Waals surface area (Å²) >= 11 is 6.59. The summed E-state index contributed by atoms with van der Waals surface area (Å²) < 4.78 is 10.3. The Labute approximate surface area is 183 Å². The van der Waals surface area contributed by atoms with E-state index in [0.717, 1.165) is 0 Å². The van der Waals surface area contributed by atoms with Crippen LogP contribution in [-0.2, 0) is 9.47 Å². The first-order valence-corrected chi connectivity index (χ1v) is 11.0. The van der Waals surface area contributed by atoms with Gasteiger partial charge in [-0.05, 0) is 41.5 Å². The van der Waals surface area contributed by atoms with E-state index in [2.05, 4.69) is 31.9 Å². The first-order chi connectivity index (χ1) is 12.6. The lowest BCUT2D eigenvalue weighted by Gasteiger charge is -2.24. The number of carbonyl (C=O) groups excluding carboxylic acids is 2. The van der Waals surface area contributed by atoms with Crippen LogP contribution < -0.4 is 0 Å². The second kappa shape index (κ2) is 9.95. The van der Waals surface area contributed by atoms with Crippen molar-refractivity contribution in [2.45, 2.75) is 74.6 Å². The van der Waals surface area contributed by atoms with Crippen LogP contribution in [0.3, 0.4) is 0 Å². The quantitative estimate of drug-likeness (QED) is 0.466. The average molecular weight is 532 g/mol. The molecule has 2 amide bonds. The molecular formula is C18H32Br2N2O6. The highest BCUT2D eigenvalue weighted by atomic mass is 79.9. The van der Waals surface area contributed by atoms with Crippen LogP contribution >= 0.6 is 31.9 Å². The van der Waals surface area contributed by atoms with Gasteiger partial charge in [0.2, 0.25) is 0 Å². The number of carbonyl (C=O) groups is 2. The average Bonchev–Trinajstić information content (AvgIpc) is 3.00. The minimum atomic E-state index is -0.498. The molecule has 0 spiro atoms. The van der Waals surface area contributed by atoms with Crippen LogP contribution in [0.4, 0.5) is 9.59 Å². The Hall–Kier alpha value is -0.580. The van der Waals surface area contributed by atoms with Gasteiger partial charge >= 0.3 is 12.2 Å². The Balaban J connectivity index is 0.000000280. The zero-order valence-electron chi connectivity index (χ0n) is 17.3. The summed E-state index contributed by atoms with van der Waals surface area (Å²) in [4.78, 5) is 26.0. The van der Waals surface area contributed by atoms with Crippen LogP contribution in [0.5, 0.6) is 0 Å². The third-order valence-electron chi connectivity index (χ3n) is 3.74. The van der Waals surface area contributed by atoms with Gasteiger partial charge in [-0.25, -0.2) is 9.59 Å². The molecule has 0 aromatic heterocycles. The van der Waals surface area contributed by atoms with Crippen molar-refractivity contribution in [2.24, 2.45) is 0 Å². The van der Waals surface area contributed by atoms with Gasteiger partial charge in [0.25, 0.3) is 0 Å². The van der Waals surface area contributed by atoms with E-state index in [-0.39, 0.29) is 21.8 Å². The number of aliphatic hydroxyl groups is 2. The number of rotatable bonds is 0. The maximum atomic E-state index is 11.5. The van der Waals surface area contributed by atoms with E-state index in [1.165, 1.54) is 9.80 Å². The maximum absolute atomic E-state index is 11.5. The van der Waals surface area contributed by atoms with E-state index in [9.17, 15) is 19.8 Å². The standard InChI is InChI=1S/2C9H16BrNO3/c2*1-9(2,3)14-8(13)11-4-6(10)7(12)5-11/h2*6-7,12H,4-5H2,1-3H3/t2*6-,7-/m10/s1. The van der Waals surface area contributed by atoms with E-state index in [4.69, 9.17) is 9.47 Å². The van der Waals surface area contributed by atoms with E-state index in [0.29, 0.717) is 26.2 Å². The van der Waals surface area contributed by atoms with E-state index >= 15 is 0 Å². The number of halogens is 2. The van der Waals surface area contributed by atoms with Gasteiger partial charge in [0, 0.05) is 13.1 Å². The fourth-order valence-corrected chi connectivity index (χ4v) is 3.48. The molecule has 2 aliphatic heterocycles. The SMILES string of the molecule is CC(C)(C)OC(=O)N1C[C@@H](O)[C@H](Br)C1.CC(C)(C)OC(=O)N1C[C@H](O)[C@@H](Br)C1. The molecule has 0 aliphatic carbocycles. The van der Waals surface area contributed by atoms with Gasteiger partial charge in [-0.2, -0.15) is 0 Å². The van der Waals surface area contributed by atoms with Crippen molar-refractivity contribution < 1.29 is 29.3 Å². The number of alkyl halides is 2. The number of hydrogen-bond donors (Lipinski definition) is 2. The zero-order chi connectivity index (χ0) is 21.9. The van der Waals surface area contributed by atoms with Crippen LogP contribution in [0.2, 0.25) is 0 Å². The first-order valence-electron chi connectivity index (χ1n) is 9.19. The molecule has 0 aromatic rings. The molecule has 0 radical (unpaired) electrons. The number of nitrogens with zero attached hydrogens (tertiary/aromatic N) is 2. The molecule has 4 atom stereocenters. The van der Waals surface area contributed by atoms with Crippen LogP contribution in [0.1, 0.15) is 41.5 Å². The molecule has 0 aromatic carbocycles. The van der Waals surface area contributed by atoms with Crippen molar-refractivity contribution in [1.82, 2.24) is 9.80 Å². The van der Waals surface area contributed by atoms with Crippen LogP contribution in [-0.4, -0.2) is 91.4 Å². The van der Waals surface area contributed by atoms with Gasteiger partial charge in [-0.1, -0.05) is 31.9 Å². The fourth-order valence-electron chi connectivity index (χ4n) is 2.44. The monoisotopic (exact) mass is 530 g/mol. The van der Waals surface area contributed by atoms with Gasteiger partial charge < -0.3 is 29.5 Å². The lowest BCUT2D eigenvalue weighted by Crippen LogP contribution is -2.35. The van der Waals surface area contributed by atoms with Gasteiger partial charge in [0.1, 0.15) is 11.2 Å². The van der Waals surface area contributed by atoms with Crippen molar-refractivity contribution >= 4 is 44.0 Å². The number of hydrogen-bond acceptors (Lipinski definition) is 6. The number of ether oxygens (including phenoxy) is 2. The van der Waals surface area contributed by atoms with Gasteiger partial charge in [-0.3, -0.25) is 0 Å². The highest BCUT2D eigenvalue weighted by Gasteiger charge is 2.35. The number of amides is 2. The molecule has 2 N–H and O–H groups in total. The summed E-state index contributed by atoms with van der Waals surface area (Å²) in [6, 6.07) is 0. The highest BCUT2D eigenvalue weighted by molar-refractivity contribution is 9.09. The molecule has 2 aliphatic rings. The topological polar surface area (TPSA) is 99.5 Å². The molecule has 2 saturated heterocycles. The van der Waals surface area contributed by atoms with Gasteiger partial charge in [-0.15, -0.1) is 0 Å². The number of β-amino-alcohol motifs (C(OH)–C–C–N with tert-alkyl or cyclic N) is 2. The normalized spacial score (nSPS) is 27.9. The predicted molar refractivity (Wildman–Crippen MR) is 113 cm³/mol. The highest BCUT2D eigenvalue weighted by Crippen LogP contribution is 2.21. The molecule has 10 heteroatoms. The lowest BCUT2D eigenvalue weighted by atomic mass is 10.2. The first kappa shape index (κ1) is 25.5. The molecule has 28 heavy (non-hydrogen) atoms. The van der Waals surface area contributed by atoms with E-state index in [1.54, 1.807) is 0 Å². The summed E-state index contributed by atoms with van der Waals surface area (Å²) in [5.41, 5.74) is -0.959. The third kappa shape index (κ3) is 8.84. The molecule has 0 unspecified atom stereocenters. The molecule has 2 heterocycles. The lowest BCUT2D eigenvalue weighted by molar-refractivity contribution is 0.0261. The third-order valence-corrected chi connectivity index (χ3v) is 5.54. The van der Waals surface area contributed by atoms with Gasteiger partial charge in [0.15, 0.2) is 0 Å². The fraction of sp³-hybridized carbons (Fsp3) is 0.889. The van der Waals surface area contributed by atoms with E-state index in [1.807, 2.05) is 41.5 Å². The maximum Gasteiger partial charge on any atom is 0.410 e. The summed E-state index contributed by atoms with van der Waals surface area (Å²) in [5.74, 6) is 0. The Kier molecular flexibility index (Phi) is 9.05. The van der Waals surface area contributed by atoms with Crippen molar-refractivity contribution in [3.63, 3.8) is 0 Å². The number of likely N-dealkylation sites (tertiary alicyclic amines) is 2. The van der Waals surface area contributed by atoms with Crippen LogP contribution in [0.25, 0.3) is 0 Å². The van der Waals surface area contributed by atoms with Crippen LogP contribution in [0.15, 0.2) is 0 Å². The van der Waals surface area contributed by atoms with Crippen molar-refractivity contribution in [2.75, 3.05) is 26.2 Å². The summed E-state index contributed by atoms with van der Waals surface area (Å²) in [6.07, 6.45) is -1.72. The van der Waals surface area contributed by atoms with Crippen LogP contribution in [0, 0.1) is 0 Å². The van der Waals surface area contributed by atoms with Crippen molar-refractivity contribution in [3.8, 4) is 0 Å². The second-order valence-electron chi connectivity index (χ2n) is 8.94. The number of aliphatic hydroxyl groups excluding tert-OH is 2. The smallest absolute Gasteiger partial charge is 0.410 e. The molecule has 8 nitrogen and oxygen atoms in total. The van der Waals surface area contributed by atoms with Crippen molar-refractivity contribution in [3.05, 3.63) is 0 Å². The molecular weight excluding hydrogens is 500 g/mol. The summed E-state index contributed by atoms with van der Waals surface area (Å²) in [5, 5.41) is 18.8. The molecule has 0 saturated carbocycles. The molecule has 164 valence electrons. The Bertz CT molecular complexity index is 481. The van der Waals surface area contributed by atoms with Crippen molar-refractivity contribution in [1.29, 1.82) is 0 Å². The largest absolute Gasteiger partial charge is 0.444 e. The van der Waals surface area contributed by atoms with E-state index < -0.39 is 23.4 Å². The Morgan fingerprint density at radius 3 is 1.21 bits per heavy atom. The summed E-state index contributed by atoms with van der Waals surface area (Å²) in [7, 11) is 0. The second-order valence-corrected chi connectivity index (χ2v) is 11.3. The Morgan fingerprint density at radius 1 is 0.750 bits per heavy atom. The minimum absolute atomic E-state index is 0.0463. The van der Waals surface area contributed by atoms with Gasteiger partial charge in [0.05, 0.1) is 35.0 Å². The molecule has 2 rings (SSSR count). The Morgan fingerprint density at radius 2 is 1.04 bits per heavy atom. The predicted octanol–water partition coefficient (Wildman–Crippen LogP) is 2.72. The molecule has 0 bridgehead atoms. The summed E-state index contributed by atoms with van der Waals surface area (Å²) in [6.45, 7) is 12.6.